The predicted molar refractivity (Wildman–Crippen MR) is 103 cm³/mol. The number of benzene rings is 2. The van der Waals surface area contributed by atoms with Crippen molar-refractivity contribution in [1.29, 1.82) is 0 Å². The van der Waals surface area contributed by atoms with Gasteiger partial charge in [0.1, 0.15) is 5.76 Å². The molecular formula is C21H20N4O. The fraction of sp³-hybridized carbons (Fsp3) is 0.190. The zero-order chi connectivity index (χ0) is 18.1. The SMILES string of the molecule is Cc1noc(C)c1C(C)Nc1nc(-c2ccccc2)c2ccccc2n1. The molecule has 0 aliphatic rings. The van der Waals surface area contributed by atoms with Crippen molar-refractivity contribution in [3.05, 3.63) is 71.6 Å². The summed E-state index contributed by atoms with van der Waals surface area (Å²) in [6.45, 7) is 5.93. The lowest BCUT2D eigenvalue weighted by molar-refractivity contribution is 0.392. The van der Waals surface area contributed by atoms with Crippen molar-refractivity contribution in [3.63, 3.8) is 0 Å². The molecule has 2 aromatic heterocycles. The van der Waals surface area contributed by atoms with Crippen LogP contribution in [0.1, 0.15) is 30.0 Å². The van der Waals surface area contributed by atoms with Crippen LogP contribution in [-0.4, -0.2) is 15.1 Å². The highest BCUT2D eigenvalue weighted by atomic mass is 16.5. The zero-order valence-electron chi connectivity index (χ0n) is 15.0. The van der Waals surface area contributed by atoms with E-state index in [1.165, 1.54) is 0 Å². The first-order valence-electron chi connectivity index (χ1n) is 8.65. The predicted octanol–water partition coefficient (Wildman–Crippen LogP) is 5.07. The summed E-state index contributed by atoms with van der Waals surface area (Å²) in [4.78, 5) is 9.50. The maximum Gasteiger partial charge on any atom is 0.224 e. The van der Waals surface area contributed by atoms with E-state index in [1.54, 1.807) is 0 Å². The van der Waals surface area contributed by atoms with E-state index < -0.39 is 0 Å². The fourth-order valence-corrected chi connectivity index (χ4v) is 3.33. The summed E-state index contributed by atoms with van der Waals surface area (Å²) in [6, 6.07) is 18.2. The largest absolute Gasteiger partial charge is 0.361 e. The van der Waals surface area contributed by atoms with Crippen molar-refractivity contribution in [1.82, 2.24) is 15.1 Å². The highest BCUT2D eigenvalue weighted by molar-refractivity contribution is 5.93. The number of aromatic nitrogens is 3. The van der Waals surface area contributed by atoms with E-state index in [0.717, 1.165) is 39.2 Å². The van der Waals surface area contributed by atoms with Crippen LogP contribution in [0.4, 0.5) is 5.95 Å². The van der Waals surface area contributed by atoms with E-state index in [9.17, 15) is 0 Å². The molecule has 1 N–H and O–H groups in total. The molecule has 2 aromatic carbocycles. The van der Waals surface area contributed by atoms with Crippen LogP contribution in [-0.2, 0) is 0 Å². The number of hydrogen-bond acceptors (Lipinski definition) is 5. The van der Waals surface area contributed by atoms with Gasteiger partial charge in [-0.3, -0.25) is 0 Å². The van der Waals surface area contributed by atoms with Crippen molar-refractivity contribution < 1.29 is 4.52 Å². The van der Waals surface area contributed by atoms with Crippen LogP contribution >= 0.6 is 0 Å². The average molecular weight is 344 g/mol. The summed E-state index contributed by atoms with van der Waals surface area (Å²) in [5.74, 6) is 1.40. The molecule has 1 atom stereocenters. The summed E-state index contributed by atoms with van der Waals surface area (Å²) in [6.07, 6.45) is 0. The van der Waals surface area contributed by atoms with Crippen LogP contribution in [0.3, 0.4) is 0 Å². The first-order valence-corrected chi connectivity index (χ1v) is 8.65. The molecule has 130 valence electrons. The molecule has 0 aliphatic carbocycles. The zero-order valence-corrected chi connectivity index (χ0v) is 15.0. The molecule has 0 radical (unpaired) electrons. The summed E-state index contributed by atoms with van der Waals surface area (Å²) < 4.78 is 5.29. The van der Waals surface area contributed by atoms with E-state index in [0.29, 0.717) is 5.95 Å². The summed E-state index contributed by atoms with van der Waals surface area (Å²) >= 11 is 0. The first-order chi connectivity index (χ1) is 12.6. The van der Waals surface area contributed by atoms with E-state index in [2.05, 4.69) is 35.6 Å². The monoisotopic (exact) mass is 344 g/mol. The van der Waals surface area contributed by atoms with Crippen LogP contribution in [0.25, 0.3) is 22.2 Å². The molecule has 0 aliphatic heterocycles. The van der Waals surface area contributed by atoms with Gasteiger partial charge in [-0.2, -0.15) is 0 Å². The van der Waals surface area contributed by atoms with Gasteiger partial charge in [-0.05, 0) is 26.8 Å². The molecule has 1 unspecified atom stereocenters. The van der Waals surface area contributed by atoms with Gasteiger partial charge < -0.3 is 9.84 Å². The lowest BCUT2D eigenvalue weighted by Gasteiger charge is -2.15. The molecule has 5 nitrogen and oxygen atoms in total. The van der Waals surface area contributed by atoms with E-state index in [4.69, 9.17) is 14.5 Å². The van der Waals surface area contributed by atoms with E-state index >= 15 is 0 Å². The number of anilines is 1. The number of para-hydroxylation sites is 1. The maximum atomic E-state index is 5.29. The number of rotatable bonds is 4. The molecular weight excluding hydrogens is 324 g/mol. The minimum absolute atomic E-state index is 0.00830. The fourth-order valence-electron chi connectivity index (χ4n) is 3.33. The number of nitrogens with one attached hydrogen (secondary N) is 1. The molecule has 0 amide bonds. The molecule has 26 heavy (non-hydrogen) atoms. The summed E-state index contributed by atoms with van der Waals surface area (Å²) in [5.41, 5.74) is 4.83. The molecule has 0 saturated heterocycles. The highest BCUT2D eigenvalue weighted by Crippen LogP contribution is 2.29. The molecule has 4 rings (SSSR count). The van der Waals surface area contributed by atoms with Gasteiger partial charge in [0, 0.05) is 16.5 Å². The maximum absolute atomic E-state index is 5.29. The number of nitrogens with zero attached hydrogens (tertiary/aromatic N) is 3. The minimum Gasteiger partial charge on any atom is -0.361 e. The Morgan fingerprint density at radius 1 is 0.923 bits per heavy atom. The van der Waals surface area contributed by atoms with Crippen molar-refractivity contribution in [2.24, 2.45) is 0 Å². The Morgan fingerprint density at radius 3 is 2.38 bits per heavy atom. The Kier molecular flexibility index (Phi) is 4.13. The molecule has 0 bridgehead atoms. The topological polar surface area (TPSA) is 63.8 Å². The third-order valence-corrected chi connectivity index (χ3v) is 4.52. The third kappa shape index (κ3) is 2.92. The Bertz CT molecular complexity index is 1040. The first kappa shape index (κ1) is 16.3. The highest BCUT2D eigenvalue weighted by Gasteiger charge is 2.18. The van der Waals surface area contributed by atoms with Gasteiger partial charge in [-0.25, -0.2) is 9.97 Å². The third-order valence-electron chi connectivity index (χ3n) is 4.52. The Balaban J connectivity index is 1.79. The molecule has 4 aromatic rings. The standard InChI is InChI=1S/C21H20N4O/c1-13(19-14(2)25-26-15(19)3)22-21-23-18-12-8-7-11-17(18)20(24-21)16-9-5-4-6-10-16/h4-13H,1-3H3,(H,22,23,24). The Labute approximate surface area is 152 Å². The number of hydrogen-bond donors (Lipinski definition) is 1. The van der Waals surface area contributed by atoms with Gasteiger partial charge in [-0.15, -0.1) is 0 Å². The molecule has 0 fully saturated rings. The smallest absolute Gasteiger partial charge is 0.224 e. The lowest BCUT2D eigenvalue weighted by Crippen LogP contribution is -2.11. The van der Waals surface area contributed by atoms with Crippen LogP contribution < -0.4 is 5.32 Å². The molecule has 5 heteroatoms. The van der Waals surface area contributed by atoms with Crippen molar-refractivity contribution in [2.75, 3.05) is 5.32 Å². The van der Waals surface area contributed by atoms with Gasteiger partial charge in [0.25, 0.3) is 0 Å². The van der Waals surface area contributed by atoms with Gasteiger partial charge in [-0.1, -0.05) is 53.7 Å². The van der Waals surface area contributed by atoms with Crippen LogP contribution in [0.15, 0.2) is 59.1 Å². The average Bonchev–Trinajstić information content (AvgIpc) is 3.00. The van der Waals surface area contributed by atoms with Crippen molar-refractivity contribution >= 4 is 16.9 Å². The Hall–Kier alpha value is -3.21. The Morgan fingerprint density at radius 2 is 1.65 bits per heavy atom. The molecule has 0 spiro atoms. The second kappa shape index (κ2) is 6.59. The van der Waals surface area contributed by atoms with Crippen LogP contribution in [0.5, 0.6) is 0 Å². The van der Waals surface area contributed by atoms with Gasteiger partial charge >= 0.3 is 0 Å². The lowest BCUT2D eigenvalue weighted by atomic mass is 10.1. The van der Waals surface area contributed by atoms with Crippen LogP contribution in [0.2, 0.25) is 0 Å². The van der Waals surface area contributed by atoms with Crippen molar-refractivity contribution in [3.8, 4) is 11.3 Å². The van der Waals surface area contributed by atoms with E-state index in [-0.39, 0.29) is 6.04 Å². The molecule has 0 saturated carbocycles. The normalized spacial score (nSPS) is 12.3. The minimum atomic E-state index is -0.00830. The summed E-state index contributed by atoms with van der Waals surface area (Å²) in [5, 5.41) is 8.48. The van der Waals surface area contributed by atoms with Gasteiger partial charge in [0.15, 0.2) is 0 Å². The van der Waals surface area contributed by atoms with E-state index in [1.807, 2.05) is 50.2 Å². The van der Waals surface area contributed by atoms with Crippen molar-refractivity contribution in [2.45, 2.75) is 26.8 Å². The second-order valence-electron chi connectivity index (χ2n) is 6.38. The quantitative estimate of drug-likeness (QED) is 0.559. The van der Waals surface area contributed by atoms with Gasteiger partial charge in [0.05, 0.1) is 22.9 Å². The summed E-state index contributed by atoms with van der Waals surface area (Å²) in [7, 11) is 0. The molecule has 2 heterocycles. The van der Waals surface area contributed by atoms with Gasteiger partial charge in [0.2, 0.25) is 5.95 Å². The number of fused-ring (bicyclic) bond motifs is 1. The number of aryl methyl sites for hydroxylation is 2. The van der Waals surface area contributed by atoms with Crippen LogP contribution in [0, 0.1) is 13.8 Å². The second-order valence-corrected chi connectivity index (χ2v) is 6.38.